The number of hydrogen-bond donors (Lipinski definition) is 1. The summed E-state index contributed by atoms with van der Waals surface area (Å²) in [6.45, 7) is 1.84. The lowest BCUT2D eigenvalue weighted by Crippen LogP contribution is -2.27. The van der Waals surface area contributed by atoms with Gasteiger partial charge in [0.2, 0.25) is 5.52 Å². The summed E-state index contributed by atoms with van der Waals surface area (Å²) in [5, 5.41) is 0. The zero-order valence-electron chi connectivity index (χ0n) is 13.1. The number of fused-ring (bicyclic) bond motifs is 1. The molecule has 2 aromatic carbocycles. The molecule has 3 aromatic rings. The van der Waals surface area contributed by atoms with Gasteiger partial charge in [-0.3, -0.25) is 4.55 Å². The number of para-hydroxylation sites is 1. The second-order valence-electron chi connectivity index (χ2n) is 4.89. The molecule has 1 aromatic heterocycles. The number of thioether (sulfide) groups is 1. The SMILES string of the molecule is CSc1sc2ccccc2[n+]1C.Cc1ccc(S(=O)(=O)O)cc1. The van der Waals surface area contributed by atoms with E-state index >= 15 is 0 Å². The van der Waals surface area contributed by atoms with Gasteiger partial charge in [-0.1, -0.05) is 41.2 Å². The summed E-state index contributed by atoms with van der Waals surface area (Å²) in [6.07, 6.45) is 2.12. The lowest BCUT2D eigenvalue weighted by atomic mass is 10.2. The molecule has 4 nitrogen and oxygen atoms in total. The number of benzene rings is 2. The third kappa shape index (κ3) is 4.54. The number of rotatable bonds is 2. The largest absolute Gasteiger partial charge is 0.297 e. The van der Waals surface area contributed by atoms with E-state index in [9.17, 15) is 8.42 Å². The average Bonchev–Trinajstić information content (AvgIpc) is 2.84. The van der Waals surface area contributed by atoms with Crippen molar-refractivity contribution in [1.29, 1.82) is 0 Å². The molecule has 0 saturated carbocycles. The first-order chi connectivity index (χ1) is 10.8. The summed E-state index contributed by atoms with van der Waals surface area (Å²) >= 11 is 3.65. The van der Waals surface area contributed by atoms with E-state index < -0.39 is 10.1 Å². The van der Waals surface area contributed by atoms with E-state index in [1.54, 1.807) is 23.9 Å². The summed E-state index contributed by atoms with van der Waals surface area (Å²) in [5.74, 6) is 0. The van der Waals surface area contributed by atoms with Crippen LogP contribution < -0.4 is 4.57 Å². The monoisotopic (exact) mass is 368 g/mol. The zero-order chi connectivity index (χ0) is 17.0. The molecule has 1 N–H and O–H groups in total. The first-order valence-corrected chi connectivity index (χ1v) is 10.3. The van der Waals surface area contributed by atoms with E-state index in [1.165, 1.54) is 26.7 Å². The highest BCUT2D eigenvalue weighted by atomic mass is 32.2. The highest BCUT2D eigenvalue weighted by Gasteiger charge is 2.14. The number of aryl methyl sites for hydroxylation is 2. The molecular formula is C16H18NO3S3+. The third-order valence-corrected chi connectivity index (χ3v) is 6.45. The van der Waals surface area contributed by atoms with Gasteiger partial charge in [0, 0.05) is 6.07 Å². The van der Waals surface area contributed by atoms with Crippen LogP contribution in [0.15, 0.2) is 57.8 Å². The van der Waals surface area contributed by atoms with Crippen LogP contribution in [0.1, 0.15) is 5.56 Å². The fourth-order valence-corrected chi connectivity index (χ4v) is 4.30. The van der Waals surface area contributed by atoms with Crippen molar-refractivity contribution < 1.29 is 17.5 Å². The number of nitrogens with zero attached hydrogens (tertiary/aromatic N) is 1. The van der Waals surface area contributed by atoms with Gasteiger partial charge in [-0.05, 0) is 43.1 Å². The molecule has 0 bridgehead atoms. The Bertz CT molecular complexity index is 900. The maximum atomic E-state index is 10.5. The van der Waals surface area contributed by atoms with Crippen molar-refractivity contribution in [1.82, 2.24) is 0 Å². The Morgan fingerprint density at radius 2 is 1.70 bits per heavy atom. The number of thiazole rings is 1. The van der Waals surface area contributed by atoms with Crippen LogP contribution in [-0.2, 0) is 17.2 Å². The summed E-state index contributed by atoms with van der Waals surface area (Å²) in [7, 11) is -1.90. The second-order valence-corrected chi connectivity index (χ2v) is 8.39. The number of hydrogen-bond acceptors (Lipinski definition) is 4. The summed E-state index contributed by atoms with van der Waals surface area (Å²) < 4.78 is 34.5. The van der Waals surface area contributed by atoms with E-state index in [1.807, 2.05) is 18.3 Å². The highest BCUT2D eigenvalue weighted by molar-refractivity contribution is 8.00. The van der Waals surface area contributed by atoms with Crippen LogP contribution in [0.4, 0.5) is 0 Å². The standard InChI is InChI=1S/C9H10NS2.C7H8O3S/c1-10-7-5-3-4-6-8(7)12-9(10)11-2;1-6-2-4-7(5-3-6)11(8,9)10/h3-6H,1-2H3;2-5H,1H3,(H,8,9,10)/q+1;. The lowest BCUT2D eigenvalue weighted by Gasteiger charge is -1.95. The number of aromatic nitrogens is 1. The molecule has 7 heteroatoms. The van der Waals surface area contributed by atoms with Crippen LogP contribution in [0.25, 0.3) is 10.2 Å². The lowest BCUT2D eigenvalue weighted by molar-refractivity contribution is -0.676. The molecule has 122 valence electrons. The van der Waals surface area contributed by atoms with Crippen molar-refractivity contribution in [3.63, 3.8) is 0 Å². The molecule has 0 atom stereocenters. The normalized spacial score (nSPS) is 11.1. The molecule has 3 rings (SSSR count). The van der Waals surface area contributed by atoms with Crippen molar-refractivity contribution in [2.45, 2.75) is 16.2 Å². The first kappa shape index (κ1) is 17.9. The molecule has 0 aliphatic rings. The molecule has 0 aliphatic heterocycles. The average molecular weight is 369 g/mol. The van der Waals surface area contributed by atoms with Crippen molar-refractivity contribution >= 4 is 43.4 Å². The summed E-state index contributed by atoms with van der Waals surface area (Å²) in [4.78, 5) is -0.0666. The topological polar surface area (TPSA) is 58.2 Å². The van der Waals surface area contributed by atoms with E-state index in [-0.39, 0.29) is 4.90 Å². The molecule has 0 unspecified atom stereocenters. The van der Waals surface area contributed by atoms with Crippen LogP contribution in [0.3, 0.4) is 0 Å². The first-order valence-electron chi connectivity index (χ1n) is 6.78. The fourth-order valence-electron chi connectivity index (χ4n) is 1.97. The zero-order valence-corrected chi connectivity index (χ0v) is 15.5. The van der Waals surface area contributed by atoms with Gasteiger partial charge in [0.05, 0.1) is 4.90 Å². The molecule has 0 radical (unpaired) electrons. The molecule has 1 heterocycles. The Morgan fingerprint density at radius 3 is 2.22 bits per heavy atom. The van der Waals surface area contributed by atoms with Gasteiger partial charge in [0.1, 0.15) is 11.7 Å². The Hall–Kier alpha value is -1.41. The Balaban J connectivity index is 0.000000168. The predicted molar refractivity (Wildman–Crippen MR) is 95.8 cm³/mol. The van der Waals surface area contributed by atoms with E-state index in [0.717, 1.165) is 5.56 Å². The maximum Gasteiger partial charge on any atom is 0.297 e. The smallest absolute Gasteiger partial charge is 0.282 e. The summed E-state index contributed by atoms with van der Waals surface area (Å²) in [6, 6.07) is 14.5. The molecule has 0 spiro atoms. The van der Waals surface area contributed by atoms with Crippen LogP contribution >= 0.6 is 23.1 Å². The Kier molecular flexibility index (Phi) is 5.80. The van der Waals surface area contributed by atoms with Gasteiger partial charge in [0.15, 0.2) is 0 Å². The Labute approximate surface area is 144 Å². The third-order valence-electron chi connectivity index (χ3n) is 3.19. The minimum absolute atomic E-state index is 0.0666. The van der Waals surface area contributed by atoms with E-state index in [4.69, 9.17) is 4.55 Å². The van der Waals surface area contributed by atoms with Crippen LogP contribution in [0.2, 0.25) is 0 Å². The maximum absolute atomic E-state index is 10.5. The van der Waals surface area contributed by atoms with Crippen LogP contribution in [-0.4, -0.2) is 19.2 Å². The van der Waals surface area contributed by atoms with Crippen molar-refractivity contribution in [2.24, 2.45) is 7.05 Å². The van der Waals surface area contributed by atoms with Gasteiger partial charge in [-0.2, -0.15) is 13.0 Å². The predicted octanol–water partition coefficient (Wildman–Crippen LogP) is 3.69. The minimum atomic E-state index is -4.02. The van der Waals surface area contributed by atoms with Gasteiger partial charge in [-0.15, -0.1) is 0 Å². The molecule has 0 saturated heterocycles. The van der Waals surface area contributed by atoms with E-state index in [0.29, 0.717) is 0 Å². The summed E-state index contributed by atoms with van der Waals surface area (Å²) in [5.41, 5.74) is 2.28. The van der Waals surface area contributed by atoms with Gasteiger partial charge in [-0.25, -0.2) is 0 Å². The van der Waals surface area contributed by atoms with Crippen molar-refractivity contribution in [3.05, 3.63) is 54.1 Å². The van der Waals surface area contributed by atoms with E-state index in [2.05, 4.69) is 42.1 Å². The molecule has 23 heavy (non-hydrogen) atoms. The highest BCUT2D eigenvalue weighted by Crippen LogP contribution is 2.25. The van der Waals surface area contributed by atoms with Crippen LogP contribution in [0, 0.1) is 6.92 Å². The van der Waals surface area contributed by atoms with Gasteiger partial charge >= 0.3 is 0 Å². The minimum Gasteiger partial charge on any atom is -0.282 e. The van der Waals surface area contributed by atoms with Crippen LogP contribution in [0.5, 0.6) is 0 Å². The van der Waals surface area contributed by atoms with Crippen molar-refractivity contribution in [3.8, 4) is 0 Å². The molecule has 0 amide bonds. The Morgan fingerprint density at radius 1 is 1.09 bits per heavy atom. The second kappa shape index (κ2) is 7.44. The van der Waals surface area contributed by atoms with Gasteiger partial charge < -0.3 is 0 Å². The quantitative estimate of drug-likeness (QED) is 0.426. The van der Waals surface area contributed by atoms with Gasteiger partial charge in [0.25, 0.3) is 14.5 Å². The fraction of sp³-hybridized carbons (Fsp3) is 0.188. The molecule has 0 fully saturated rings. The molecule has 0 aliphatic carbocycles. The van der Waals surface area contributed by atoms with Crippen molar-refractivity contribution in [2.75, 3.05) is 6.26 Å². The molecular weight excluding hydrogens is 350 g/mol.